The van der Waals surface area contributed by atoms with Gasteiger partial charge in [-0.3, -0.25) is 4.79 Å². The third kappa shape index (κ3) is 1.31. The minimum atomic E-state index is -0.499. The van der Waals surface area contributed by atoms with Crippen LogP contribution in [0.25, 0.3) is 10.1 Å². The van der Waals surface area contributed by atoms with Crippen LogP contribution in [0.2, 0.25) is 0 Å². The van der Waals surface area contributed by atoms with Gasteiger partial charge in [-0.25, -0.2) is 0 Å². The second-order valence-corrected chi connectivity index (χ2v) is 3.56. The van der Waals surface area contributed by atoms with Crippen molar-refractivity contribution < 1.29 is 9.53 Å². The number of carbonyl (C=O) groups excluding carboxylic acids is 1. The van der Waals surface area contributed by atoms with Crippen molar-refractivity contribution in [3.8, 4) is 5.75 Å². The Kier molecular flexibility index (Phi) is 2.09. The van der Waals surface area contributed by atoms with Gasteiger partial charge in [-0.15, -0.1) is 0 Å². The van der Waals surface area contributed by atoms with E-state index in [-0.39, 0.29) is 0 Å². The molecule has 2 N–H and O–H groups in total. The zero-order chi connectivity index (χ0) is 10.1. The molecular weight excluding hydrogens is 200 g/mol. The molecule has 1 amide bonds. The molecule has 2 aromatic rings. The highest BCUT2D eigenvalue weighted by Crippen LogP contribution is 2.26. The standard InChI is InChI=1S/C9H8N2O2S/c1-13-5-2-3-6-7(4-5)14-11-8(6)9(10)12/h2-4H,1H3,(H2,10,12). The molecular formula is C9H8N2O2S. The summed E-state index contributed by atoms with van der Waals surface area (Å²) in [5, 5.41) is 0.781. The summed E-state index contributed by atoms with van der Waals surface area (Å²) in [4.78, 5) is 11.0. The van der Waals surface area contributed by atoms with Crippen LogP contribution in [0.4, 0.5) is 0 Å². The molecule has 72 valence electrons. The maximum absolute atomic E-state index is 11.0. The van der Waals surface area contributed by atoms with E-state index in [0.29, 0.717) is 5.69 Å². The van der Waals surface area contributed by atoms with E-state index in [1.54, 1.807) is 19.2 Å². The summed E-state index contributed by atoms with van der Waals surface area (Å²) in [6, 6.07) is 5.40. The first-order valence-corrected chi connectivity index (χ1v) is 4.73. The minimum absolute atomic E-state index is 0.327. The number of carbonyl (C=O) groups is 1. The zero-order valence-electron chi connectivity index (χ0n) is 7.48. The van der Waals surface area contributed by atoms with Gasteiger partial charge in [-0.05, 0) is 29.7 Å². The van der Waals surface area contributed by atoms with Crippen LogP contribution >= 0.6 is 11.5 Å². The van der Waals surface area contributed by atoms with Crippen molar-refractivity contribution >= 4 is 27.5 Å². The molecule has 2 rings (SSSR count). The lowest BCUT2D eigenvalue weighted by molar-refractivity contribution is 0.0998. The maximum atomic E-state index is 11.0. The lowest BCUT2D eigenvalue weighted by Crippen LogP contribution is -2.11. The summed E-state index contributed by atoms with van der Waals surface area (Å²) < 4.78 is 9.94. The number of nitrogens with two attached hydrogens (primary N) is 1. The number of rotatable bonds is 2. The van der Waals surface area contributed by atoms with E-state index in [0.717, 1.165) is 15.8 Å². The second kappa shape index (κ2) is 3.26. The second-order valence-electron chi connectivity index (χ2n) is 2.76. The average Bonchev–Trinajstić information content (AvgIpc) is 2.59. The van der Waals surface area contributed by atoms with Gasteiger partial charge in [-0.1, -0.05) is 0 Å². The largest absolute Gasteiger partial charge is 0.497 e. The first-order valence-electron chi connectivity index (χ1n) is 3.95. The topological polar surface area (TPSA) is 65.2 Å². The number of fused-ring (bicyclic) bond motifs is 1. The fourth-order valence-corrected chi connectivity index (χ4v) is 2.03. The molecule has 0 aliphatic heterocycles. The molecule has 0 atom stereocenters. The summed E-state index contributed by atoms with van der Waals surface area (Å²) in [5.41, 5.74) is 5.50. The molecule has 1 aromatic carbocycles. The Morgan fingerprint density at radius 1 is 1.57 bits per heavy atom. The maximum Gasteiger partial charge on any atom is 0.269 e. The van der Waals surface area contributed by atoms with E-state index < -0.39 is 5.91 Å². The molecule has 0 aliphatic carbocycles. The number of methoxy groups -OCH3 is 1. The van der Waals surface area contributed by atoms with Gasteiger partial charge in [0.1, 0.15) is 11.4 Å². The molecule has 0 aliphatic rings. The number of benzene rings is 1. The zero-order valence-corrected chi connectivity index (χ0v) is 8.30. The van der Waals surface area contributed by atoms with Crippen molar-refractivity contribution in [1.82, 2.24) is 4.37 Å². The van der Waals surface area contributed by atoms with Crippen molar-refractivity contribution in [2.75, 3.05) is 7.11 Å². The van der Waals surface area contributed by atoms with Gasteiger partial charge in [-0.2, -0.15) is 4.37 Å². The van der Waals surface area contributed by atoms with E-state index in [4.69, 9.17) is 10.5 Å². The van der Waals surface area contributed by atoms with Gasteiger partial charge in [0.15, 0.2) is 0 Å². The van der Waals surface area contributed by atoms with E-state index in [1.807, 2.05) is 6.07 Å². The number of aromatic nitrogens is 1. The molecule has 0 saturated heterocycles. The molecule has 0 bridgehead atoms. The Bertz CT molecular complexity index is 493. The third-order valence-corrected chi connectivity index (χ3v) is 2.72. The molecule has 4 nitrogen and oxygen atoms in total. The fraction of sp³-hybridized carbons (Fsp3) is 0.111. The highest BCUT2D eigenvalue weighted by atomic mass is 32.1. The van der Waals surface area contributed by atoms with E-state index >= 15 is 0 Å². The fourth-order valence-electron chi connectivity index (χ4n) is 1.22. The molecule has 1 aromatic heterocycles. The van der Waals surface area contributed by atoms with Crippen molar-refractivity contribution in [3.05, 3.63) is 23.9 Å². The van der Waals surface area contributed by atoms with Crippen LogP contribution in [-0.2, 0) is 0 Å². The normalized spacial score (nSPS) is 10.4. The minimum Gasteiger partial charge on any atom is -0.497 e. The molecule has 0 spiro atoms. The summed E-state index contributed by atoms with van der Waals surface area (Å²) >= 11 is 1.24. The van der Waals surface area contributed by atoms with Gasteiger partial charge in [0.2, 0.25) is 0 Å². The number of hydrogen-bond acceptors (Lipinski definition) is 4. The van der Waals surface area contributed by atoms with Crippen LogP contribution in [0.3, 0.4) is 0 Å². The van der Waals surface area contributed by atoms with Gasteiger partial charge in [0.25, 0.3) is 5.91 Å². The smallest absolute Gasteiger partial charge is 0.269 e. The van der Waals surface area contributed by atoms with Crippen LogP contribution < -0.4 is 10.5 Å². The summed E-state index contributed by atoms with van der Waals surface area (Å²) in [5.74, 6) is 0.249. The Labute approximate surface area is 84.5 Å². The Morgan fingerprint density at radius 2 is 2.36 bits per heavy atom. The number of ether oxygens (including phenoxy) is 1. The first-order chi connectivity index (χ1) is 6.72. The Morgan fingerprint density at radius 3 is 3.00 bits per heavy atom. The van der Waals surface area contributed by atoms with Gasteiger partial charge >= 0.3 is 0 Å². The molecule has 0 unspecified atom stereocenters. The van der Waals surface area contributed by atoms with Gasteiger partial charge in [0.05, 0.1) is 11.8 Å². The molecule has 0 fully saturated rings. The van der Waals surface area contributed by atoms with Gasteiger partial charge < -0.3 is 10.5 Å². The van der Waals surface area contributed by atoms with Crippen molar-refractivity contribution in [2.24, 2.45) is 5.73 Å². The molecule has 0 radical (unpaired) electrons. The van der Waals surface area contributed by atoms with Crippen molar-refractivity contribution in [1.29, 1.82) is 0 Å². The highest BCUT2D eigenvalue weighted by molar-refractivity contribution is 7.13. The van der Waals surface area contributed by atoms with E-state index in [9.17, 15) is 4.79 Å². The number of hydrogen-bond donors (Lipinski definition) is 1. The van der Waals surface area contributed by atoms with Crippen LogP contribution in [0.1, 0.15) is 10.5 Å². The van der Waals surface area contributed by atoms with E-state index in [1.165, 1.54) is 11.5 Å². The predicted octanol–water partition coefficient (Wildman–Crippen LogP) is 1.40. The number of primary amides is 1. The van der Waals surface area contributed by atoms with Gasteiger partial charge in [0, 0.05) is 5.39 Å². The highest BCUT2D eigenvalue weighted by Gasteiger charge is 2.11. The summed E-state index contributed by atoms with van der Waals surface area (Å²) in [7, 11) is 1.59. The van der Waals surface area contributed by atoms with Crippen molar-refractivity contribution in [2.45, 2.75) is 0 Å². The summed E-state index contributed by atoms with van der Waals surface area (Å²) in [6.07, 6.45) is 0. The van der Waals surface area contributed by atoms with Crippen LogP contribution in [0.15, 0.2) is 18.2 Å². The Hall–Kier alpha value is -1.62. The first kappa shape index (κ1) is 8.96. The predicted molar refractivity (Wildman–Crippen MR) is 54.7 cm³/mol. The quantitative estimate of drug-likeness (QED) is 0.811. The molecule has 0 saturated carbocycles. The lowest BCUT2D eigenvalue weighted by atomic mass is 10.2. The Balaban J connectivity index is 2.65. The van der Waals surface area contributed by atoms with E-state index in [2.05, 4.69) is 4.37 Å². The molecule has 5 heteroatoms. The van der Waals surface area contributed by atoms with Crippen LogP contribution in [0, 0.1) is 0 Å². The SMILES string of the molecule is COc1ccc2c(C(N)=O)nsc2c1. The molecule has 14 heavy (non-hydrogen) atoms. The summed E-state index contributed by atoms with van der Waals surface area (Å²) in [6.45, 7) is 0. The van der Waals surface area contributed by atoms with Crippen molar-refractivity contribution in [3.63, 3.8) is 0 Å². The van der Waals surface area contributed by atoms with Crippen LogP contribution in [-0.4, -0.2) is 17.4 Å². The average molecular weight is 208 g/mol. The molecule has 1 heterocycles. The number of amides is 1. The van der Waals surface area contributed by atoms with Crippen LogP contribution in [0.5, 0.6) is 5.75 Å². The monoisotopic (exact) mass is 208 g/mol. The third-order valence-electron chi connectivity index (χ3n) is 1.91. The number of nitrogens with zero attached hydrogens (tertiary/aromatic N) is 1. The lowest BCUT2D eigenvalue weighted by Gasteiger charge is -1.97.